The van der Waals surface area contributed by atoms with E-state index in [-0.39, 0.29) is 16.6 Å². The predicted octanol–water partition coefficient (Wildman–Crippen LogP) is 18.8. The van der Waals surface area contributed by atoms with Crippen molar-refractivity contribution in [3.8, 4) is 89.8 Å². The van der Waals surface area contributed by atoms with Crippen molar-refractivity contribution in [3.05, 3.63) is 236 Å². The van der Waals surface area contributed by atoms with Gasteiger partial charge in [-0.1, -0.05) is 199 Å². The number of furan rings is 1. The number of aromatic hydroxyl groups is 1. The highest BCUT2D eigenvalue weighted by Gasteiger charge is 2.30. The van der Waals surface area contributed by atoms with Gasteiger partial charge in [-0.3, -0.25) is 9.55 Å². The third kappa shape index (κ3) is 8.34. The number of fused-ring (bicyclic) bond motifs is 6. The largest absolute Gasteiger partial charge is 0.507 e. The van der Waals surface area contributed by atoms with Gasteiger partial charge < -0.3 is 9.52 Å². The SMILES string of the molecule is CC(C)(C)c1cc(-c2nc3c(-c4cc(-c5cc(-c6ccccc6)ccn5)c5oc6c7ccccc7nc(-c7ccccc7)c6c5c4)cccc3n2-c2ccc(-c3ccccc3)cc2-c2ccccc2)c(O)c(C(C)(C)C)c1. The normalized spacial score (nSPS) is 12.1. The average molecular weight is 997 g/mol. The van der Waals surface area contributed by atoms with Crippen LogP contribution in [0.2, 0.25) is 0 Å². The molecule has 9 aromatic carbocycles. The topological polar surface area (TPSA) is 77.0 Å². The van der Waals surface area contributed by atoms with Crippen molar-refractivity contribution in [2.75, 3.05) is 0 Å². The van der Waals surface area contributed by atoms with Crippen LogP contribution in [0.3, 0.4) is 0 Å². The summed E-state index contributed by atoms with van der Waals surface area (Å²) in [6, 6.07) is 76.3. The monoisotopic (exact) mass is 996 g/mol. The molecule has 0 unspecified atom stereocenters. The fraction of sp³-hybridized carbons (Fsp3) is 0.113. The van der Waals surface area contributed by atoms with Gasteiger partial charge in [0.2, 0.25) is 0 Å². The lowest BCUT2D eigenvalue weighted by molar-refractivity contribution is 0.446. The van der Waals surface area contributed by atoms with Crippen LogP contribution in [0.5, 0.6) is 5.75 Å². The van der Waals surface area contributed by atoms with Crippen LogP contribution >= 0.6 is 0 Å². The highest BCUT2D eigenvalue weighted by Crippen LogP contribution is 2.48. The number of hydrogen-bond donors (Lipinski definition) is 1. The van der Waals surface area contributed by atoms with Gasteiger partial charge in [-0.15, -0.1) is 0 Å². The van der Waals surface area contributed by atoms with E-state index in [2.05, 4.69) is 240 Å². The van der Waals surface area contributed by atoms with E-state index in [0.717, 1.165) is 128 Å². The molecule has 0 radical (unpaired) electrons. The standard InChI is InChI=1S/C71H56N4O2/c1-70(2,3)51-42-57(66(76)58(43-51)71(4,5)6)69-74-65-52(31-21-33-62(65)75(69)61-35-34-48(44-22-11-7-12-23-44)38-54(61)46-26-15-9-16-27-46)50-39-55(60-41-49(36-37-72-60)45-24-13-8-14-25-45)67-56(40-50)63-64(47-28-17-10-18-29-47)73-59-32-20-19-30-53(59)68(63)77-67/h7-43,76H,1-6H3. The molecule has 0 atom stereocenters. The molecule has 0 amide bonds. The highest BCUT2D eigenvalue weighted by atomic mass is 16.3. The summed E-state index contributed by atoms with van der Waals surface area (Å²) in [6.45, 7) is 13.2. The number of benzene rings is 9. The minimum absolute atomic E-state index is 0.219. The van der Waals surface area contributed by atoms with Crippen molar-refractivity contribution in [3.63, 3.8) is 0 Å². The lowest BCUT2D eigenvalue weighted by Crippen LogP contribution is -2.17. The maximum atomic E-state index is 12.8. The molecule has 0 saturated carbocycles. The first kappa shape index (κ1) is 47.3. The summed E-state index contributed by atoms with van der Waals surface area (Å²) in [5, 5.41) is 15.6. The van der Waals surface area contributed by atoms with Crippen LogP contribution in [0, 0.1) is 0 Å². The summed E-state index contributed by atoms with van der Waals surface area (Å²) < 4.78 is 9.50. The van der Waals surface area contributed by atoms with Crippen molar-refractivity contribution >= 4 is 43.9 Å². The molecule has 0 saturated heterocycles. The number of nitrogens with zero attached hydrogens (tertiary/aromatic N) is 4. The third-order valence-electron chi connectivity index (χ3n) is 15.0. The molecule has 4 aromatic heterocycles. The molecular formula is C71H56N4O2. The fourth-order valence-electron chi connectivity index (χ4n) is 11.1. The zero-order valence-corrected chi connectivity index (χ0v) is 44.0. The second-order valence-corrected chi connectivity index (χ2v) is 22.2. The molecule has 0 aliphatic heterocycles. The van der Waals surface area contributed by atoms with Crippen LogP contribution < -0.4 is 0 Å². The summed E-state index contributed by atoms with van der Waals surface area (Å²) in [5.74, 6) is 0.859. The second kappa shape index (κ2) is 18.5. The number of phenolic OH excluding ortho intramolecular Hbond substituents is 1. The van der Waals surface area contributed by atoms with Gasteiger partial charge in [-0.05, 0) is 110 Å². The Morgan fingerprint density at radius 3 is 1.74 bits per heavy atom. The molecule has 0 fully saturated rings. The highest BCUT2D eigenvalue weighted by molar-refractivity contribution is 6.22. The first-order chi connectivity index (χ1) is 37.4. The summed E-state index contributed by atoms with van der Waals surface area (Å²) >= 11 is 0. The first-order valence-electron chi connectivity index (χ1n) is 26.4. The van der Waals surface area contributed by atoms with Crippen LogP contribution in [0.15, 0.2) is 229 Å². The second-order valence-electron chi connectivity index (χ2n) is 22.2. The Kier molecular flexibility index (Phi) is 11.4. The van der Waals surface area contributed by atoms with Crippen molar-refractivity contribution in [1.29, 1.82) is 0 Å². The van der Waals surface area contributed by atoms with E-state index in [1.165, 1.54) is 0 Å². The lowest BCUT2D eigenvalue weighted by Gasteiger charge is -2.27. The molecule has 6 heteroatoms. The van der Waals surface area contributed by atoms with Crippen LogP contribution in [0.25, 0.3) is 128 Å². The van der Waals surface area contributed by atoms with Crippen molar-refractivity contribution in [2.24, 2.45) is 0 Å². The van der Waals surface area contributed by atoms with Crippen LogP contribution in [0.1, 0.15) is 52.7 Å². The number of imidazole rings is 1. The lowest BCUT2D eigenvalue weighted by atomic mass is 9.79. The van der Waals surface area contributed by atoms with Crippen molar-refractivity contribution < 1.29 is 9.52 Å². The molecule has 372 valence electrons. The molecule has 0 aliphatic rings. The van der Waals surface area contributed by atoms with Gasteiger partial charge in [0.05, 0.1) is 44.6 Å². The maximum Gasteiger partial charge on any atom is 0.149 e. The Morgan fingerprint density at radius 1 is 0.442 bits per heavy atom. The van der Waals surface area contributed by atoms with Gasteiger partial charge in [-0.25, -0.2) is 9.97 Å². The first-order valence-corrected chi connectivity index (χ1v) is 26.4. The number of aromatic nitrogens is 4. The van der Waals surface area contributed by atoms with Gasteiger partial charge >= 0.3 is 0 Å². The predicted molar refractivity (Wildman–Crippen MR) is 319 cm³/mol. The quantitative estimate of drug-likeness (QED) is 0.164. The molecular weight excluding hydrogens is 941 g/mol. The maximum absolute atomic E-state index is 12.8. The molecule has 0 bridgehead atoms. The molecule has 1 N–H and O–H groups in total. The number of phenols is 1. The minimum Gasteiger partial charge on any atom is -0.507 e. The zero-order valence-electron chi connectivity index (χ0n) is 44.0. The van der Waals surface area contributed by atoms with E-state index in [9.17, 15) is 5.11 Å². The van der Waals surface area contributed by atoms with E-state index in [4.69, 9.17) is 19.4 Å². The Hall–Kier alpha value is -9.39. The smallest absolute Gasteiger partial charge is 0.149 e. The van der Waals surface area contributed by atoms with Gasteiger partial charge in [0.15, 0.2) is 0 Å². The van der Waals surface area contributed by atoms with Gasteiger partial charge in [0.1, 0.15) is 22.7 Å². The van der Waals surface area contributed by atoms with E-state index >= 15 is 0 Å². The van der Waals surface area contributed by atoms with Crippen molar-refractivity contribution in [2.45, 2.75) is 52.4 Å². The van der Waals surface area contributed by atoms with E-state index < -0.39 is 0 Å². The van der Waals surface area contributed by atoms with Crippen LogP contribution in [-0.4, -0.2) is 24.6 Å². The van der Waals surface area contributed by atoms with E-state index in [1.807, 2.05) is 30.5 Å². The Bertz CT molecular complexity index is 4390. The van der Waals surface area contributed by atoms with Gasteiger partial charge in [0.25, 0.3) is 0 Å². The molecule has 0 spiro atoms. The van der Waals surface area contributed by atoms with E-state index in [0.29, 0.717) is 11.4 Å². The van der Waals surface area contributed by atoms with Gasteiger partial charge in [0, 0.05) is 44.8 Å². The molecule has 13 rings (SSSR count). The van der Waals surface area contributed by atoms with Crippen molar-refractivity contribution in [1.82, 2.24) is 19.5 Å². The number of rotatable bonds is 8. The zero-order chi connectivity index (χ0) is 52.6. The number of pyridine rings is 2. The third-order valence-corrected chi connectivity index (χ3v) is 15.0. The molecule has 13 aromatic rings. The summed E-state index contributed by atoms with van der Waals surface area (Å²) in [6.07, 6.45) is 1.89. The van der Waals surface area contributed by atoms with Crippen LogP contribution in [-0.2, 0) is 10.8 Å². The number of hydrogen-bond acceptors (Lipinski definition) is 5. The molecule has 77 heavy (non-hydrogen) atoms. The Balaban J connectivity index is 1.15. The molecule has 4 heterocycles. The van der Waals surface area contributed by atoms with E-state index in [1.54, 1.807) is 0 Å². The molecule has 6 nitrogen and oxygen atoms in total. The van der Waals surface area contributed by atoms with Gasteiger partial charge in [-0.2, -0.15) is 0 Å². The Labute approximate surface area is 448 Å². The molecule has 0 aliphatic carbocycles. The fourth-order valence-corrected chi connectivity index (χ4v) is 11.1. The summed E-state index contributed by atoms with van der Waals surface area (Å²) in [4.78, 5) is 16.3. The Morgan fingerprint density at radius 2 is 1.06 bits per heavy atom. The minimum atomic E-state index is -0.377. The summed E-state index contributed by atoms with van der Waals surface area (Å²) in [7, 11) is 0. The van der Waals surface area contributed by atoms with Crippen LogP contribution in [0.4, 0.5) is 0 Å². The number of para-hydroxylation sites is 2. The average Bonchev–Trinajstić information content (AvgIpc) is 4.19. The summed E-state index contributed by atoms with van der Waals surface area (Å²) in [5.41, 5.74) is 18.8.